The number of nitrogens with one attached hydrogen (secondary N) is 1. The van der Waals surface area contributed by atoms with Crippen molar-refractivity contribution in [3.63, 3.8) is 0 Å². The van der Waals surface area contributed by atoms with Crippen molar-refractivity contribution in [3.05, 3.63) is 48.6 Å². The molecule has 0 aliphatic heterocycles. The molecule has 3 unspecified atom stereocenters. The fourth-order valence-corrected chi connectivity index (χ4v) is 6.79. The lowest BCUT2D eigenvalue weighted by molar-refractivity contribution is -0.130. The van der Waals surface area contributed by atoms with E-state index in [1.54, 1.807) is 6.08 Å². The van der Waals surface area contributed by atoms with Gasteiger partial charge >= 0.3 is 0 Å². The van der Waals surface area contributed by atoms with Gasteiger partial charge in [0.25, 0.3) is 10.1 Å². The van der Waals surface area contributed by atoms with Gasteiger partial charge in [0.1, 0.15) is 6.10 Å². The van der Waals surface area contributed by atoms with Crippen LogP contribution in [0.2, 0.25) is 0 Å². The van der Waals surface area contributed by atoms with Gasteiger partial charge in [-0.2, -0.15) is 8.42 Å². The SMILES string of the molecule is CCCC/C=C/CC/C=C/CC/C=C/C(O)C(CS(=O)(=O)O)NC(=O)C(O)CCCCCCCC/C=C\CCCCCCCCCCCCCC. The maximum absolute atomic E-state index is 12.6. The van der Waals surface area contributed by atoms with E-state index in [0.29, 0.717) is 12.8 Å². The van der Waals surface area contributed by atoms with Crippen LogP contribution in [0.25, 0.3) is 0 Å². The molecule has 8 heteroatoms. The lowest BCUT2D eigenvalue weighted by Gasteiger charge is -2.22. The third kappa shape index (κ3) is 36.4. The minimum atomic E-state index is -4.46. The van der Waals surface area contributed by atoms with Gasteiger partial charge in [0.05, 0.1) is 17.9 Å². The van der Waals surface area contributed by atoms with Gasteiger partial charge in [-0.05, 0) is 64.2 Å². The number of carbonyl (C=O) groups excluding carboxylic acids is 1. The Morgan fingerprint density at radius 3 is 1.35 bits per heavy atom. The number of unbranched alkanes of at least 4 members (excludes halogenated alkanes) is 22. The summed E-state index contributed by atoms with van der Waals surface area (Å²) in [4.78, 5) is 12.6. The summed E-state index contributed by atoms with van der Waals surface area (Å²) in [7, 11) is -4.46. The average Bonchev–Trinajstić information content (AvgIpc) is 3.09. The van der Waals surface area contributed by atoms with E-state index in [4.69, 9.17) is 0 Å². The van der Waals surface area contributed by atoms with Gasteiger partial charge in [-0.1, -0.05) is 178 Å². The summed E-state index contributed by atoms with van der Waals surface area (Å²) in [5.74, 6) is -1.57. The summed E-state index contributed by atoms with van der Waals surface area (Å²) >= 11 is 0. The number of hydrogen-bond acceptors (Lipinski definition) is 5. The van der Waals surface area contributed by atoms with Crippen molar-refractivity contribution in [1.29, 1.82) is 0 Å². The first-order valence-corrected chi connectivity index (χ1v) is 22.6. The predicted octanol–water partition coefficient (Wildman–Crippen LogP) is 11.3. The first-order valence-electron chi connectivity index (χ1n) is 20.9. The van der Waals surface area contributed by atoms with Gasteiger partial charge in [0.2, 0.25) is 5.91 Å². The van der Waals surface area contributed by atoms with Crippen LogP contribution in [0.3, 0.4) is 0 Å². The van der Waals surface area contributed by atoms with Crippen molar-refractivity contribution in [1.82, 2.24) is 5.32 Å². The molecule has 0 heterocycles. The highest BCUT2D eigenvalue weighted by Crippen LogP contribution is 2.14. The molecule has 0 aliphatic carbocycles. The molecule has 0 aliphatic rings. The minimum Gasteiger partial charge on any atom is -0.387 e. The second-order valence-corrected chi connectivity index (χ2v) is 15.9. The molecular weight excluding hydrogens is 659 g/mol. The van der Waals surface area contributed by atoms with Crippen LogP contribution in [0.4, 0.5) is 0 Å². The standard InChI is InChI=1S/C43H79NO6S/c1-3-5-7-9-11-13-15-17-18-19-20-21-22-23-24-25-26-28-30-32-34-36-38-42(46)43(47)44-40(39-51(48,49)50)41(45)37-35-33-31-29-27-16-14-12-10-8-6-4-2/h10,12,23-24,27,29,35,37,40-42,45-46H,3-9,11,13-22,25-26,28,30-34,36,38-39H2,1-2H3,(H,44,47)(H,48,49,50)/b12-10+,24-23-,29-27+,37-35+. The molecule has 0 bridgehead atoms. The van der Waals surface area contributed by atoms with Gasteiger partial charge in [-0.25, -0.2) is 0 Å². The van der Waals surface area contributed by atoms with Crippen LogP contribution in [-0.2, 0) is 14.9 Å². The molecule has 7 nitrogen and oxygen atoms in total. The number of rotatable bonds is 37. The Morgan fingerprint density at radius 1 is 0.529 bits per heavy atom. The second kappa shape index (κ2) is 36.6. The number of hydrogen-bond donors (Lipinski definition) is 4. The monoisotopic (exact) mass is 738 g/mol. The van der Waals surface area contributed by atoms with Crippen LogP contribution >= 0.6 is 0 Å². The van der Waals surface area contributed by atoms with Crippen LogP contribution in [0, 0.1) is 0 Å². The van der Waals surface area contributed by atoms with Crippen LogP contribution in [0.15, 0.2) is 48.6 Å². The maximum atomic E-state index is 12.6. The summed E-state index contributed by atoms with van der Waals surface area (Å²) < 4.78 is 32.4. The predicted molar refractivity (Wildman–Crippen MR) is 218 cm³/mol. The van der Waals surface area contributed by atoms with E-state index in [1.165, 1.54) is 115 Å². The third-order valence-electron chi connectivity index (χ3n) is 9.31. The summed E-state index contributed by atoms with van der Waals surface area (Å²) in [5.41, 5.74) is 0. The molecule has 0 saturated carbocycles. The number of aliphatic hydroxyl groups is 2. The van der Waals surface area contributed by atoms with Gasteiger partial charge in [-0.3, -0.25) is 9.35 Å². The first kappa shape index (κ1) is 49.3. The Kier molecular flexibility index (Phi) is 35.4. The molecule has 0 rings (SSSR count). The second-order valence-electron chi connectivity index (χ2n) is 14.4. The molecule has 0 fully saturated rings. The molecule has 0 aromatic rings. The van der Waals surface area contributed by atoms with Crippen LogP contribution < -0.4 is 5.32 Å². The van der Waals surface area contributed by atoms with Crippen LogP contribution in [-0.4, -0.2) is 53.1 Å². The molecule has 0 spiro atoms. The molecule has 3 atom stereocenters. The molecule has 298 valence electrons. The van der Waals surface area contributed by atoms with Gasteiger partial charge in [0, 0.05) is 0 Å². The average molecular weight is 738 g/mol. The van der Waals surface area contributed by atoms with Crippen molar-refractivity contribution >= 4 is 16.0 Å². The van der Waals surface area contributed by atoms with E-state index in [1.807, 2.05) is 0 Å². The Hall–Kier alpha value is -1.74. The van der Waals surface area contributed by atoms with Crippen molar-refractivity contribution in [3.8, 4) is 0 Å². The van der Waals surface area contributed by atoms with Gasteiger partial charge in [0.15, 0.2) is 0 Å². The molecule has 0 radical (unpaired) electrons. The topological polar surface area (TPSA) is 124 Å². The summed E-state index contributed by atoms with van der Waals surface area (Å²) in [6.07, 6.45) is 46.1. The zero-order valence-corrected chi connectivity index (χ0v) is 33.6. The molecule has 51 heavy (non-hydrogen) atoms. The number of carbonyl (C=O) groups is 1. The van der Waals surface area contributed by atoms with Crippen molar-refractivity contribution in [2.45, 2.75) is 212 Å². The fourth-order valence-electron chi connectivity index (χ4n) is 6.06. The van der Waals surface area contributed by atoms with E-state index in [9.17, 15) is 28.0 Å². The van der Waals surface area contributed by atoms with Crippen LogP contribution in [0.5, 0.6) is 0 Å². The summed E-state index contributed by atoms with van der Waals surface area (Å²) in [6.45, 7) is 4.46. The zero-order valence-electron chi connectivity index (χ0n) is 32.8. The highest BCUT2D eigenvalue weighted by atomic mass is 32.2. The lowest BCUT2D eigenvalue weighted by Crippen LogP contribution is -2.50. The van der Waals surface area contributed by atoms with Crippen molar-refractivity contribution < 1.29 is 28.0 Å². The lowest BCUT2D eigenvalue weighted by atomic mass is 10.0. The number of aliphatic hydroxyl groups excluding tert-OH is 2. The number of allylic oxidation sites excluding steroid dienone is 7. The van der Waals surface area contributed by atoms with E-state index in [-0.39, 0.29) is 6.42 Å². The van der Waals surface area contributed by atoms with Crippen molar-refractivity contribution in [2.24, 2.45) is 0 Å². The Balaban J connectivity index is 4.00. The molecule has 0 aromatic carbocycles. The largest absolute Gasteiger partial charge is 0.387 e. The highest BCUT2D eigenvalue weighted by molar-refractivity contribution is 7.85. The normalized spacial score (nSPS) is 14.4. The van der Waals surface area contributed by atoms with E-state index >= 15 is 0 Å². The molecule has 0 saturated heterocycles. The Morgan fingerprint density at radius 2 is 0.902 bits per heavy atom. The van der Waals surface area contributed by atoms with Gasteiger partial charge < -0.3 is 15.5 Å². The minimum absolute atomic E-state index is 0.263. The first-order chi connectivity index (χ1) is 24.7. The Labute approximate surface area is 314 Å². The quantitative estimate of drug-likeness (QED) is 0.0286. The molecule has 1 amide bonds. The molecular formula is C43H79NO6S. The zero-order chi connectivity index (χ0) is 37.7. The van der Waals surface area contributed by atoms with Gasteiger partial charge in [-0.15, -0.1) is 0 Å². The smallest absolute Gasteiger partial charge is 0.267 e. The van der Waals surface area contributed by atoms with E-state index in [2.05, 4.69) is 55.6 Å². The van der Waals surface area contributed by atoms with Crippen molar-refractivity contribution in [2.75, 3.05) is 5.75 Å². The van der Waals surface area contributed by atoms with E-state index < -0.39 is 40.0 Å². The summed E-state index contributed by atoms with van der Waals surface area (Å²) in [5, 5.41) is 23.3. The Bertz CT molecular complexity index is 1010. The molecule has 4 N–H and O–H groups in total. The summed E-state index contributed by atoms with van der Waals surface area (Å²) in [6, 6.07) is -1.26. The maximum Gasteiger partial charge on any atom is 0.267 e. The third-order valence-corrected chi connectivity index (χ3v) is 10.1. The highest BCUT2D eigenvalue weighted by Gasteiger charge is 2.27. The van der Waals surface area contributed by atoms with E-state index in [0.717, 1.165) is 51.4 Å². The van der Waals surface area contributed by atoms with Crippen LogP contribution in [0.1, 0.15) is 194 Å². The number of amides is 1. The molecule has 0 aromatic heterocycles. The fraction of sp³-hybridized carbons (Fsp3) is 0.791.